The van der Waals surface area contributed by atoms with Crippen molar-refractivity contribution in [1.82, 2.24) is 9.88 Å². The molecule has 2 unspecified atom stereocenters. The molecule has 162 valence electrons. The maximum absolute atomic E-state index is 14.0. The summed E-state index contributed by atoms with van der Waals surface area (Å²) < 4.78 is 53.5. The molecule has 4 rings (SSSR count). The molecule has 6 nitrogen and oxygen atoms in total. The first kappa shape index (κ1) is 21.4. The molecule has 2 amide bonds. The molecule has 0 radical (unpaired) electrons. The molecule has 0 spiro atoms. The Hall–Kier alpha value is -2.85. The molecule has 1 aromatic heterocycles. The molecule has 0 saturated carbocycles. The lowest BCUT2D eigenvalue weighted by Gasteiger charge is -2.33. The summed E-state index contributed by atoms with van der Waals surface area (Å²) in [6.45, 7) is 0. The summed E-state index contributed by atoms with van der Waals surface area (Å²) in [6.07, 6.45) is 0. The van der Waals surface area contributed by atoms with Crippen molar-refractivity contribution >= 4 is 44.9 Å². The Morgan fingerprint density at radius 1 is 1.16 bits per heavy atom. The summed E-state index contributed by atoms with van der Waals surface area (Å²) >= 11 is 5.74. The summed E-state index contributed by atoms with van der Waals surface area (Å²) in [5, 5.41) is 2.46. The van der Waals surface area contributed by atoms with E-state index < -0.39 is 45.9 Å². The fourth-order valence-corrected chi connectivity index (χ4v) is 5.19. The number of pyridine rings is 1. The van der Waals surface area contributed by atoms with E-state index in [1.165, 1.54) is 24.1 Å². The number of carbonyl (C=O) groups excluding carboxylic acids is 1. The molecule has 1 aliphatic heterocycles. The number of fused-ring (bicyclic) bond motifs is 3. The third kappa shape index (κ3) is 3.92. The van der Waals surface area contributed by atoms with Gasteiger partial charge >= 0.3 is 6.03 Å². The molecule has 2 atom stereocenters. The molecule has 31 heavy (non-hydrogen) atoms. The lowest BCUT2D eigenvalue weighted by Crippen LogP contribution is -2.40. The standard InChI is InChI=1S/C20H15ClF3N3O3S/c1-27(20(29)25-9-2-3-13(22)12(21)4-9)17-8-31(30)7-16-18(17)10-5-14(23)15(24)6-11(10)19(28)26-16/h2-6,17H,7-8H2,1H3,(H,25,29)(H,26,28). The smallest absolute Gasteiger partial charge is 0.322 e. The van der Waals surface area contributed by atoms with E-state index in [9.17, 15) is 27.0 Å². The molecule has 0 aliphatic carbocycles. The number of aromatic amines is 1. The number of amides is 2. The molecule has 2 aromatic carbocycles. The van der Waals surface area contributed by atoms with Gasteiger partial charge in [-0.25, -0.2) is 18.0 Å². The van der Waals surface area contributed by atoms with E-state index in [1.807, 2.05) is 0 Å². The fourth-order valence-electron chi connectivity index (χ4n) is 3.60. The van der Waals surface area contributed by atoms with Crippen LogP contribution in [0, 0.1) is 17.5 Å². The number of carbonyl (C=O) groups is 1. The summed E-state index contributed by atoms with van der Waals surface area (Å²) in [5.74, 6) is -2.92. The third-order valence-electron chi connectivity index (χ3n) is 5.13. The van der Waals surface area contributed by atoms with Crippen molar-refractivity contribution in [2.45, 2.75) is 11.8 Å². The Morgan fingerprint density at radius 2 is 1.84 bits per heavy atom. The van der Waals surface area contributed by atoms with E-state index >= 15 is 0 Å². The fraction of sp³-hybridized carbons (Fsp3) is 0.200. The Bertz CT molecular complexity index is 1310. The zero-order chi connectivity index (χ0) is 22.4. The van der Waals surface area contributed by atoms with Gasteiger partial charge in [0.15, 0.2) is 11.6 Å². The summed E-state index contributed by atoms with van der Waals surface area (Å²) in [6, 6.07) is 3.94. The van der Waals surface area contributed by atoms with Crippen molar-refractivity contribution < 1.29 is 22.2 Å². The van der Waals surface area contributed by atoms with Gasteiger partial charge < -0.3 is 15.2 Å². The van der Waals surface area contributed by atoms with Gasteiger partial charge in [-0.15, -0.1) is 0 Å². The highest BCUT2D eigenvalue weighted by Crippen LogP contribution is 2.35. The number of aromatic nitrogens is 1. The number of rotatable bonds is 2. The average molecular weight is 470 g/mol. The number of hydrogen-bond donors (Lipinski definition) is 2. The Balaban J connectivity index is 1.77. The van der Waals surface area contributed by atoms with Gasteiger partial charge in [0.2, 0.25) is 0 Å². The minimum atomic E-state index is -1.41. The maximum atomic E-state index is 14.0. The first-order chi connectivity index (χ1) is 14.7. The summed E-state index contributed by atoms with van der Waals surface area (Å²) in [4.78, 5) is 29.0. The number of nitrogens with zero attached hydrogens (tertiary/aromatic N) is 1. The van der Waals surface area contributed by atoms with E-state index in [0.717, 1.165) is 18.2 Å². The highest BCUT2D eigenvalue weighted by Gasteiger charge is 2.33. The van der Waals surface area contributed by atoms with E-state index in [1.54, 1.807) is 0 Å². The topological polar surface area (TPSA) is 82.3 Å². The van der Waals surface area contributed by atoms with Gasteiger partial charge in [-0.1, -0.05) is 11.6 Å². The van der Waals surface area contributed by atoms with E-state index in [0.29, 0.717) is 11.3 Å². The molecule has 3 aromatic rings. The highest BCUT2D eigenvalue weighted by atomic mass is 35.5. The van der Waals surface area contributed by atoms with Crippen LogP contribution in [0.3, 0.4) is 0 Å². The molecule has 0 bridgehead atoms. The van der Waals surface area contributed by atoms with E-state index in [2.05, 4.69) is 10.3 Å². The van der Waals surface area contributed by atoms with Crippen LogP contribution in [-0.2, 0) is 16.6 Å². The molecular formula is C20H15ClF3N3O3S. The van der Waals surface area contributed by atoms with Crippen molar-refractivity contribution in [2.75, 3.05) is 18.1 Å². The third-order valence-corrected chi connectivity index (χ3v) is 6.71. The number of halogens is 4. The van der Waals surface area contributed by atoms with Crippen LogP contribution in [0.15, 0.2) is 35.1 Å². The van der Waals surface area contributed by atoms with Crippen LogP contribution in [0.25, 0.3) is 10.8 Å². The normalized spacial score (nSPS) is 18.0. The predicted molar refractivity (Wildman–Crippen MR) is 112 cm³/mol. The van der Waals surface area contributed by atoms with E-state index in [4.69, 9.17) is 11.6 Å². The van der Waals surface area contributed by atoms with Crippen LogP contribution in [0.5, 0.6) is 0 Å². The SMILES string of the molecule is CN(C(=O)Nc1ccc(F)c(Cl)c1)C1CS(=O)Cc2[nH]c(=O)c3cc(F)c(F)cc3c21. The largest absolute Gasteiger partial charge is 0.324 e. The Morgan fingerprint density at radius 3 is 2.52 bits per heavy atom. The average Bonchev–Trinajstić information content (AvgIpc) is 2.71. The first-order valence-electron chi connectivity index (χ1n) is 9.03. The van der Waals surface area contributed by atoms with Gasteiger partial charge in [-0.05, 0) is 35.7 Å². The van der Waals surface area contributed by atoms with Gasteiger partial charge in [-0.2, -0.15) is 0 Å². The highest BCUT2D eigenvalue weighted by molar-refractivity contribution is 7.84. The molecule has 2 N–H and O–H groups in total. The van der Waals surface area contributed by atoms with Gasteiger partial charge in [0.25, 0.3) is 5.56 Å². The van der Waals surface area contributed by atoms with Crippen LogP contribution in [-0.4, -0.2) is 32.9 Å². The van der Waals surface area contributed by atoms with Crippen LogP contribution >= 0.6 is 11.6 Å². The zero-order valence-corrected chi connectivity index (χ0v) is 17.5. The number of anilines is 1. The Labute approximate surface area is 181 Å². The minimum absolute atomic E-state index is 0.0129. The predicted octanol–water partition coefficient (Wildman–Crippen LogP) is 4.07. The van der Waals surface area contributed by atoms with Crippen molar-refractivity contribution in [1.29, 1.82) is 0 Å². The van der Waals surface area contributed by atoms with Crippen LogP contribution in [0.1, 0.15) is 17.3 Å². The van der Waals surface area contributed by atoms with Crippen molar-refractivity contribution in [3.8, 4) is 0 Å². The maximum Gasteiger partial charge on any atom is 0.322 e. The quantitative estimate of drug-likeness (QED) is 0.593. The number of hydrogen-bond acceptors (Lipinski definition) is 3. The zero-order valence-electron chi connectivity index (χ0n) is 16.0. The van der Waals surface area contributed by atoms with E-state index in [-0.39, 0.29) is 33.0 Å². The first-order valence-corrected chi connectivity index (χ1v) is 10.9. The molecular weight excluding hydrogens is 455 g/mol. The lowest BCUT2D eigenvalue weighted by molar-refractivity contribution is 0.209. The van der Waals surface area contributed by atoms with Crippen LogP contribution in [0.4, 0.5) is 23.7 Å². The summed E-state index contributed by atoms with van der Waals surface area (Å²) in [7, 11) is 0.0255. The van der Waals surface area contributed by atoms with Gasteiger partial charge in [0, 0.05) is 40.5 Å². The summed E-state index contributed by atoms with van der Waals surface area (Å²) in [5.41, 5.74) is 0.281. The number of urea groups is 1. The second kappa shape index (κ2) is 8.01. The number of nitrogens with one attached hydrogen (secondary N) is 2. The molecule has 0 saturated heterocycles. The number of H-pyrrole nitrogens is 1. The van der Waals surface area contributed by atoms with Crippen LogP contribution < -0.4 is 10.9 Å². The second-order valence-corrected chi connectivity index (χ2v) is 9.00. The van der Waals surface area contributed by atoms with Crippen molar-refractivity contribution in [2.24, 2.45) is 0 Å². The van der Waals surface area contributed by atoms with Crippen LogP contribution in [0.2, 0.25) is 5.02 Å². The molecule has 2 heterocycles. The van der Waals surface area contributed by atoms with Gasteiger partial charge in [-0.3, -0.25) is 9.00 Å². The van der Waals surface area contributed by atoms with Gasteiger partial charge in [0.1, 0.15) is 5.82 Å². The molecule has 0 fully saturated rings. The van der Waals surface area contributed by atoms with Crippen molar-refractivity contribution in [3.05, 3.63) is 74.4 Å². The van der Waals surface area contributed by atoms with Gasteiger partial charge in [0.05, 0.1) is 22.2 Å². The number of benzene rings is 2. The molecule has 1 aliphatic rings. The second-order valence-electron chi connectivity index (χ2n) is 7.09. The molecule has 11 heteroatoms. The van der Waals surface area contributed by atoms with Crippen molar-refractivity contribution in [3.63, 3.8) is 0 Å². The lowest BCUT2D eigenvalue weighted by atomic mass is 9.97. The minimum Gasteiger partial charge on any atom is -0.324 e. The Kier molecular flexibility index (Phi) is 5.52. The monoisotopic (exact) mass is 469 g/mol.